The number of hydrogen-bond acceptors (Lipinski definition) is 3. The van der Waals surface area contributed by atoms with Crippen LogP contribution in [0.4, 0.5) is 5.69 Å². The van der Waals surface area contributed by atoms with Gasteiger partial charge in [0.05, 0.1) is 5.69 Å². The Bertz CT molecular complexity index is 882. The van der Waals surface area contributed by atoms with Crippen molar-refractivity contribution in [3.63, 3.8) is 0 Å². The van der Waals surface area contributed by atoms with E-state index in [4.69, 9.17) is 5.73 Å². The summed E-state index contributed by atoms with van der Waals surface area (Å²) in [4.78, 5) is 18.0. The Hall–Kier alpha value is -1.34. The van der Waals surface area contributed by atoms with Crippen molar-refractivity contribution >= 4 is 45.0 Å². The second-order valence-electron chi connectivity index (χ2n) is 7.77. The summed E-state index contributed by atoms with van der Waals surface area (Å²) in [5.41, 5.74) is 9.14. The lowest BCUT2D eigenvalue weighted by Gasteiger charge is -2.43. The summed E-state index contributed by atoms with van der Waals surface area (Å²) < 4.78 is 0.968. The van der Waals surface area contributed by atoms with Gasteiger partial charge in [0, 0.05) is 44.6 Å². The van der Waals surface area contributed by atoms with Crippen LogP contribution in [0.15, 0.2) is 24.3 Å². The monoisotopic (exact) mass is 447 g/mol. The summed E-state index contributed by atoms with van der Waals surface area (Å²) in [6.07, 6.45) is 4.77. The molecule has 4 nitrogen and oxygen atoms in total. The lowest BCUT2D eigenvalue weighted by atomic mass is 9.90. The topological polar surface area (TPSA) is 49.6 Å². The predicted molar refractivity (Wildman–Crippen MR) is 109 cm³/mol. The molecule has 3 aliphatic rings. The zero-order valence-corrected chi connectivity index (χ0v) is 16.5. The highest BCUT2D eigenvalue weighted by Crippen LogP contribution is 2.41. The van der Waals surface area contributed by atoms with Gasteiger partial charge in [-0.25, -0.2) is 0 Å². The number of carbonyl (C=O) groups excluding carboxylic acids is 1. The van der Waals surface area contributed by atoms with E-state index in [1.807, 2.05) is 12.1 Å². The molecule has 3 aliphatic heterocycles. The van der Waals surface area contributed by atoms with E-state index >= 15 is 0 Å². The van der Waals surface area contributed by atoms with Gasteiger partial charge < -0.3 is 15.5 Å². The van der Waals surface area contributed by atoms with E-state index in [2.05, 4.69) is 51.6 Å². The first kappa shape index (κ1) is 15.9. The minimum absolute atomic E-state index is 0.190. The number of anilines is 1. The summed E-state index contributed by atoms with van der Waals surface area (Å²) in [5.74, 6) is 0.190. The van der Waals surface area contributed by atoms with Crippen molar-refractivity contribution in [1.29, 1.82) is 0 Å². The number of benzene rings is 2. The summed E-state index contributed by atoms with van der Waals surface area (Å²) in [6.45, 7) is 0.719. The Morgan fingerprint density at radius 1 is 1.16 bits per heavy atom. The Labute approximate surface area is 161 Å². The molecule has 2 aromatic carbocycles. The summed E-state index contributed by atoms with van der Waals surface area (Å²) >= 11 is 2.25. The molecular weight excluding hydrogens is 425 g/mol. The zero-order chi connectivity index (χ0) is 17.3. The first-order valence-electron chi connectivity index (χ1n) is 9.07. The molecule has 0 saturated carbocycles. The molecule has 2 aromatic rings. The molecule has 3 heterocycles. The maximum atomic E-state index is 13.3. The number of nitrogens with two attached hydrogens (primary N) is 1. The van der Waals surface area contributed by atoms with Crippen LogP contribution in [0.1, 0.15) is 41.6 Å². The molecule has 2 atom stereocenters. The summed E-state index contributed by atoms with van der Waals surface area (Å²) in [5, 5.41) is 2.09. The maximum absolute atomic E-state index is 13.3. The molecule has 5 heteroatoms. The van der Waals surface area contributed by atoms with Gasteiger partial charge in [-0.2, -0.15) is 0 Å². The third kappa shape index (κ3) is 2.24. The van der Waals surface area contributed by atoms with Crippen LogP contribution in [-0.4, -0.2) is 40.9 Å². The molecule has 0 aromatic heterocycles. The average Bonchev–Trinajstić information content (AvgIpc) is 2.83. The van der Waals surface area contributed by atoms with Crippen molar-refractivity contribution in [3.05, 3.63) is 39.0 Å². The molecule has 2 bridgehead atoms. The van der Waals surface area contributed by atoms with E-state index in [-0.39, 0.29) is 5.91 Å². The molecule has 2 N–H and O–H groups in total. The molecule has 0 radical (unpaired) electrons. The van der Waals surface area contributed by atoms with Gasteiger partial charge in [0.1, 0.15) is 0 Å². The van der Waals surface area contributed by atoms with Crippen molar-refractivity contribution in [3.8, 4) is 0 Å². The number of hydrogen-bond donors (Lipinski definition) is 1. The molecule has 25 heavy (non-hydrogen) atoms. The third-order valence-electron chi connectivity index (χ3n) is 6.58. The van der Waals surface area contributed by atoms with Crippen LogP contribution in [0, 0.1) is 3.57 Å². The van der Waals surface area contributed by atoms with Crippen molar-refractivity contribution in [2.75, 3.05) is 12.8 Å². The Morgan fingerprint density at radius 2 is 1.88 bits per heavy atom. The molecule has 2 saturated heterocycles. The second-order valence-corrected chi connectivity index (χ2v) is 8.93. The number of rotatable bonds is 1. The first-order chi connectivity index (χ1) is 12.0. The van der Waals surface area contributed by atoms with Crippen molar-refractivity contribution < 1.29 is 4.79 Å². The highest BCUT2D eigenvalue weighted by molar-refractivity contribution is 14.1. The molecule has 2 unspecified atom stereocenters. The van der Waals surface area contributed by atoms with E-state index in [0.717, 1.165) is 45.0 Å². The fraction of sp³-hybridized carbons (Fsp3) is 0.450. The predicted octanol–water partition coefficient (Wildman–Crippen LogP) is 3.61. The molecule has 2 fully saturated rings. The first-order valence-corrected chi connectivity index (χ1v) is 10.1. The number of amides is 1. The summed E-state index contributed by atoms with van der Waals surface area (Å²) in [6, 6.07) is 9.89. The molecule has 5 rings (SSSR count). The largest absolute Gasteiger partial charge is 0.397 e. The van der Waals surface area contributed by atoms with Crippen LogP contribution in [0.3, 0.4) is 0 Å². The van der Waals surface area contributed by atoms with Crippen molar-refractivity contribution in [2.45, 2.75) is 50.4 Å². The smallest absolute Gasteiger partial charge is 0.255 e. The number of carbonyl (C=O) groups is 1. The van der Waals surface area contributed by atoms with Crippen LogP contribution in [-0.2, 0) is 6.54 Å². The van der Waals surface area contributed by atoms with E-state index in [0.29, 0.717) is 18.1 Å². The Kier molecular flexibility index (Phi) is 3.54. The van der Waals surface area contributed by atoms with Crippen LogP contribution < -0.4 is 5.73 Å². The number of piperidine rings is 1. The van der Waals surface area contributed by atoms with Gasteiger partial charge in [-0.05, 0) is 67.0 Å². The minimum Gasteiger partial charge on any atom is -0.397 e. The molecule has 0 aliphatic carbocycles. The van der Waals surface area contributed by atoms with Gasteiger partial charge in [-0.1, -0.05) is 18.2 Å². The highest BCUT2D eigenvalue weighted by Gasteiger charge is 2.42. The van der Waals surface area contributed by atoms with Gasteiger partial charge in [-0.15, -0.1) is 0 Å². The highest BCUT2D eigenvalue weighted by atomic mass is 127. The Morgan fingerprint density at radius 3 is 2.60 bits per heavy atom. The van der Waals surface area contributed by atoms with Crippen LogP contribution in [0.25, 0.3) is 10.8 Å². The van der Waals surface area contributed by atoms with Crippen LogP contribution in [0.5, 0.6) is 0 Å². The number of fused-ring (bicyclic) bond motifs is 2. The van der Waals surface area contributed by atoms with Gasteiger partial charge in [0.2, 0.25) is 0 Å². The zero-order valence-electron chi connectivity index (χ0n) is 14.3. The van der Waals surface area contributed by atoms with Gasteiger partial charge in [0.25, 0.3) is 5.91 Å². The van der Waals surface area contributed by atoms with E-state index < -0.39 is 0 Å². The maximum Gasteiger partial charge on any atom is 0.255 e. The minimum atomic E-state index is 0.190. The lowest BCUT2D eigenvalue weighted by molar-refractivity contribution is 0.0452. The van der Waals surface area contributed by atoms with Gasteiger partial charge in [-0.3, -0.25) is 4.79 Å². The van der Waals surface area contributed by atoms with E-state index in [1.165, 1.54) is 18.4 Å². The molecule has 0 spiro atoms. The normalized spacial score (nSPS) is 28.8. The molecule has 130 valence electrons. The third-order valence-corrected chi connectivity index (χ3v) is 7.48. The SMILES string of the molecule is CN1C2CCC1CC(N1Cc3cccc4c(N)c(I)cc(c34)C1=O)C2. The van der Waals surface area contributed by atoms with Gasteiger partial charge in [0.15, 0.2) is 0 Å². The molecule has 1 amide bonds. The number of nitrogens with zero attached hydrogens (tertiary/aromatic N) is 2. The standard InChI is InChI=1S/C20H22IN3O/c1-23-12-5-6-13(23)8-14(7-12)24-10-11-3-2-4-15-18(11)16(20(24)25)9-17(21)19(15)22/h2-4,9,12-14H,5-8,10,22H2,1H3. The Balaban J connectivity index is 1.58. The fourth-order valence-electron chi connectivity index (χ4n) is 5.19. The number of nitrogen functional groups attached to an aromatic ring is 1. The van der Waals surface area contributed by atoms with Crippen LogP contribution >= 0.6 is 22.6 Å². The second kappa shape index (κ2) is 5.58. The van der Waals surface area contributed by atoms with E-state index in [9.17, 15) is 4.79 Å². The number of halogens is 1. The average molecular weight is 447 g/mol. The van der Waals surface area contributed by atoms with Gasteiger partial charge >= 0.3 is 0 Å². The fourth-order valence-corrected chi connectivity index (χ4v) is 5.79. The molecular formula is C20H22IN3O. The lowest BCUT2D eigenvalue weighted by Crippen LogP contribution is -2.51. The van der Waals surface area contributed by atoms with E-state index in [1.54, 1.807) is 0 Å². The quantitative estimate of drug-likeness (QED) is 0.537. The van der Waals surface area contributed by atoms with Crippen molar-refractivity contribution in [1.82, 2.24) is 9.80 Å². The van der Waals surface area contributed by atoms with Crippen LogP contribution in [0.2, 0.25) is 0 Å². The van der Waals surface area contributed by atoms with Crippen molar-refractivity contribution in [2.24, 2.45) is 0 Å². The summed E-state index contributed by atoms with van der Waals surface area (Å²) in [7, 11) is 2.25.